The molecular weight excluding hydrogens is 316 g/mol. The lowest BCUT2D eigenvalue weighted by atomic mass is 9.87. The minimum Gasteiger partial charge on any atom is -0.484 e. The van der Waals surface area contributed by atoms with Crippen molar-refractivity contribution in [2.45, 2.75) is 32.6 Å². The van der Waals surface area contributed by atoms with Gasteiger partial charge >= 0.3 is 0 Å². The van der Waals surface area contributed by atoms with E-state index in [1.54, 1.807) is 12.1 Å². The molecule has 0 saturated heterocycles. The summed E-state index contributed by atoms with van der Waals surface area (Å²) >= 11 is 0. The standard InChI is InChI=1S/C20H22N2O3/c1-20(2,3)14-4-7-16(8-5-14)25-12-19(24)21-15-6-9-17-13(10-15)11-18(23)22-17/h4-10H,11-12H2,1-3H3,(H,21,24)(H,22,23). The van der Waals surface area contributed by atoms with Crippen LogP contribution in [-0.4, -0.2) is 18.4 Å². The molecule has 0 aliphatic carbocycles. The second kappa shape index (κ2) is 6.59. The van der Waals surface area contributed by atoms with Crippen LogP contribution >= 0.6 is 0 Å². The van der Waals surface area contributed by atoms with Crippen LogP contribution in [0.3, 0.4) is 0 Å². The van der Waals surface area contributed by atoms with E-state index in [9.17, 15) is 9.59 Å². The predicted octanol–water partition coefficient (Wildman–Crippen LogP) is 3.50. The summed E-state index contributed by atoms with van der Waals surface area (Å²) in [6.07, 6.45) is 0.343. The first kappa shape index (κ1) is 17.0. The summed E-state index contributed by atoms with van der Waals surface area (Å²) in [5, 5.41) is 5.55. The number of hydrogen-bond acceptors (Lipinski definition) is 3. The van der Waals surface area contributed by atoms with Crippen LogP contribution in [0.4, 0.5) is 11.4 Å². The Balaban J connectivity index is 1.55. The van der Waals surface area contributed by atoms with Crippen molar-refractivity contribution in [2.24, 2.45) is 0 Å². The molecule has 1 aliphatic heterocycles. The summed E-state index contributed by atoms with van der Waals surface area (Å²) in [5.74, 6) is 0.393. The maximum Gasteiger partial charge on any atom is 0.262 e. The van der Waals surface area contributed by atoms with E-state index in [4.69, 9.17) is 4.74 Å². The van der Waals surface area contributed by atoms with Crippen LogP contribution in [0, 0.1) is 0 Å². The number of benzene rings is 2. The quantitative estimate of drug-likeness (QED) is 0.896. The molecule has 1 heterocycles. The molecule has 0 aromatic heterocycles. The third-order valence-corrected chi connectivity index (χ3v) is 4.10. The average Bonchev–Trinajstić information content (AvgIpc) is 2.92. The normalized spacial score (nSPS) is 13.2. The molecule has 5 nitrogen and oxygen atoms in total. The Hall–Kier alpha value is -2.82. The van der Waals surface area contributed by atoms with Gasteiger partial charge in [0.15, 0.2) is 6.61 Å². The monoisotopic (exact) mass is 338 g/mol. The van der Waals surface area contributed by atoms with E-state index in [0.29, 0.717) is 17.9 Å². The number of anilines is 2. The molecule has 5 heteroatoms. The highest BCUT2D eigenvalue weighted by Gasteiger charge is 2.18. The van der Waals surface area contributed by atoms with Crippen molar-refractivity contribution in [1.29, 1.82) is 0 Å². The number of ether oxygens (including phenoxy) is 1. The molecule has 0 saturated carbocycles. The van der Waals surface area contributed by atoms with E-state index in [-0.39, 0.29) is 23.8 Å². The molecule has 2 N–H and O–H groups in total. The van der Waals surface area contributed by atoms with E-state index in [1.165, 1.54) is 5.56 Å². The summed E-state index contributed by atoms with van der Waals surface area (Å²) in [6, 6.07) is 13.1. The predicted molar refractivity (Wildman–Crippen MR) is 98.0 cm³/mol. The van der Waals surface area contributed by atoms with Crippen LogP contribution in [0.25, 0.3) is 0 Å². The highest BCUT2D eigenvalue weighted by Crippen LogP contribution is 2.26. The Morgan fingerprint density at radius 3 is 2.56 bits per heavy atom. The summed E-state index contributed by atoms with van der Waals surface area (Å²) in [6.45, 7) is 6.38. The van der Waals surface area contributed by atoms with E-state index in [2.05, 4.69) is 31.4 Å². The first-order valence-electron chi connectivity index (χ1n) is 8.27. The summed E-state index contributed by atoms with van der Waals surface area (Å²) in [7, 11) is 0. The van der Waals surface area contributed by atoms with Crippen LogP contribution in [0.15, 0.2) is 42.5 Å². The molecule has 2 aromatic rings. The van der Waals surface area contributed by atoms with Gasteiger partial charge in [-0.2, -0.15) is 0 Å². The van der Waals surface area contributed by atoms with E-state index in [1.807, 2.05) is 30.3 Å². The van der Waals surface area contributed by atoms with Crippen molar-refractivity contribution in [1.82, 2.24) is 0 Å². The summed E-state index contributed by atoms with van der Waals surface area (Å²) in [4.78, 5) is 23.4. The van der Waals surface area contributed by atoms with Crippen molar-refractivity contribution in [2.75, 3.05) is 17.2 Å². The molecule has 0 unspecified atom stereocenters. The van der Waals surface area contributed by atoms with Crippen molar-refractivity contribution in [3.05, 3.63) is 53.6 Å². The Labute approximate surface area is 147 Å². The maximum atomic E-state index is 12.1. The lowest BCUT2D eigenvalue weighted by Crippen LogP contribution is -2.20. The zero-order valence-electron chi connectivity index (χ0n) is 14.7. The third-order valence-electron chi connectivity index (χ3n) is 4.10. The van der Waals surface area contributed by atoms with Crippen LogP contribution in [0.5, 0.6) is 5.75 Å². The smallest absolute Gasteiger partial charge is 0.262 e. The summed E-state index contributed by atoms with van der Waals surface area (Å²) < 4.78 is 5.54. The van der Waals surface area contributed by atoms with Gasteiger partial charge < -0.3 is 15.4 Å². The lowest BCUT2D eigenvalue weighted by molar-refractivity contribution is -0.118. The highest BCUT2D eigenvalue weighted by atomic mass is 16.5. The van der Waals surface area contributed by atoms with Gasteiger partial charge in [0.2, 0.25) is 5.91 Å². The number of rotatable bonds is 4. The minimum atomic E-state index is -0.239. The molecule has 0 spiro atoms. The van der Waals surface area contributed by atoms with Gasteiger partial charge in [-0.15, -0.1) is 0 Å². The van der Waals surface area contributed by atoms with Gasteiger partial charge in [0.1, 0.15) is 5.75 Å². The van der Waals surface area contributed by atoms with Gasteiger partial charge in [-0.05, 0) is 46.9 Å². The maximum absolute atomic E-state index is 12.1. The molecule has 0 radical (unpaired) electrons. The zero-order valence-corrected chi connectivity index (χ0v) is 14.7. The molecule has 1 aliphatic rings. The van der Waals surface area contributed by atoms with Crippen LogP contribution in [0.1, 0.15) is 31.9 Å². The minimum absolute atomic E-state index is 0.0273. The lowest BCUT2D eigenvalue weighted by Gasteiger charge is -2.19. The van der Waals surface area contributed by atoms with Gasteiger partial charge in [-0.1, -0.05) is 32.9 Å². The number of hydrogen-bond donors (Lipinski definition) is 2. The largest absolute Gasteiger partial charge is 0.484 e. The third kappa shape index (κ3) is 4.18. The topological polar surface area (TPSA) is 67.4 Å². The summed E-state index contributed by atoms with van der Waals surface area (Å²) in [5.41, 5.74) is 3.65. The van der Waals surface area contributed by atoms with Gasteiger partial charge in [-0.3, -0.25) is 9.59 Å². The number of carbonyl (C=O) groups excluding carboxylic acids is 2. The fraction of sp³-hybridized carbons (Fsp3) is 0.300. The van der Waals surface area contributed by atoms with Crippen molar-refractivity contribution in [3.63, 3.8) is 0 Å². The molecule has 0 atom stereocenters. The van der Waals surface area contributed by atoms with Crippen LogP contribution in [0.2, 0.25) is 0 Å². The van der Waals surface area contributed by atoms with E-state index in [0.717, 1.165) is 11.3 Å². The Morgan fingerprint density at radius 2 is 1.88 bits per heavy atom. The Bertz CT molecular complexity index is 805. The molecular formula is C20H22N2O3. The molecule has 2 amide bonds. The molecule has 130 valence electrons. The Kier molecular flexibility index (Phi) is 4.49. The molecule has 25 heavy (non-hydrogen) atoms. The van der Waals surface area contributed by atoms with Gasteiger partial charge in [0.05, 0.1) is 6.42 Å². The molecule has 3 rings (SSSR count). The SMILES string of the molecule is CC(C)(C)c1ccc(OCC(=O)Nc2ccc3c(c2)CC(=O)N3)cc1. The van der Waals surface area contributed by atoms with E-state index < -0.39 is 0 Å². The van der Waals surface area contributed by atoms with Gasteiger partial charge in [-0.25, -0.2) is 0 Å². The zero-order chi connectivity index (χ0) is 18.0. The van der Waals surface area contributed by atoms with Crippen molar-refractivity contribution >= 4 is 23.2 Å². The first-order chi connectivity index (χ1) is 11.8. The molecule has 2 aromatic carbocycles. The van der Waals surface area contributed by atoms with Crippen LogP contribution < -0.4 is 15.4 Å². The number of nitrogens with one attached hydrogen (secondary N) is 2. The Morgan fingerprint density at radius 1 is 1.16 bits per heavy atom. The first-order valence-corrected chi connectivity index (χ1v) is 8.27. The highest BCUT2D eigenvalue weighted by molar-refractivity contribution is 6.00. The molecule has 0 fully saturated rings. The van der Waals surface area contributed by atoms with Crippen LogP contribution in [-0.2, 0) is 21.4 Å². The number of fused-ring (bicyclic) bond motifs is 1. The second-order valence-corrected chi connectivity index (χ2v) is 7.21. The number of carbonyl (C=O) groups is 2. The molecule has 0 bridgehead atoms. The average molecular weight is 338 g/mol. The van der Waals surface area contributed by atoms with Gasteiger partial charge in [0, 0.05) is 11.4 Å². The second-order valence-electron chi connectivity index (χ2n) is 7.21. The number of amides is 2. The van der Waals surface area contributed by atoms with Gasteiger partial charge in [0.25, 0.3) is 5.91 Å². The fourth-order valence-corrected chi connectivity index (χ4v) is 2.70. The fourth-order valence-electron chi connectivity index (χ4n) is 2.70. The van der Waals surface area contributed by atoms with Crippen molar-refractivity contribution in [3.8, 4) is 5.75 Å². The van der Waals surface area contributed by atoms with E-state index >= 15 is 0 Å². The van der Waals surface area contributed by atoms with Crippen molar-refractivity contribution < 1.29 is 14.3 Å².